The van der Waals surface area contributed by atoms with E-state index < -0.39 is 5.82 Å². The van der Waals surface area contributed by atoms with Crippen LogP contribution < -0.4 is 10.2 Å². The van der Waals surface area contributed by atoms with Crippen molar-refractivity contribution >= 4 is 17.5 Å². The topological polar surface area (TPSA) is 61.4 Å². The molecule has 0 radical (unpaired) electrons. The fraction of sp³-hybridized carbons (Fsp3) is 0.346. The van der Waals surface area contributed by atoms with Crippen LogP contribution in [0.2, 0.25) is 0 Å². The Morgan fingerprint density at radius 1 is 1.00 bits per heavy atom. The third kappa shape index (κ3) is 5.48. The predicted octanol–water partition coefficient (Wildman–Crippen LogP) is 4.82. The highest BCUT2D eigenvalue weighted by Crippen LogP contribution is 2.26. The van der Waals surface area contributed by atoms with Gasteiger partial charge in [0.2, 0.25) is 0 Å². The summed E-state index contributed by atoms with van der Waals surface area (Å²) in [6.45, 7) is 6.65. The molecule has 1 saturated heterocycles. The molecule has 0 spiro atoms. The van der Waals surface area contributed by atoms with Gasteiger partial charge in [0.1, 0.15) is 17.5 Å². The quantitative estimate of drug-likeness (QED) is 0.609. The van der Waals surface area contributed by atoms with Gasteiger partial charge in [-0.25, -0.2) is 19.2 Å². The van der Waals surface area contributed by atoms with Gasteiger partial charge in [0.25, 0.3) is 0 Å². The number of nitrogens with zero attached hydrogens (tertiary/aromatic N) is 4. The largest absolute Gasteiger partial charge is 0.354 e. The molecule has 33 heavy (non-hydrogen) atoms. The first-order valence-corrected chi connectivity index (χ1v) is 11.5. The first-order chi connectivity index (χ1) is 16.0. The van der Waals surface area contributed by atoms with Gasteiger partial charge in [-0.05, 0) is 37.5 Å². The van der Waals surface area contributed by atoms with Crippen molar-refractivity contribution in [3.8, 4) is 0 Å². The summed E-state index contributed by atoms with van der Waals surface area (Å²) in [4.78, 5) is 26.4. The molecular weight excluding hydrogens is 417 g/mol. The number of amides is 2. The van der Waals surface area contributed by atoms with Crippen molar-refractivity contribution in [2.45, 2.75) is 33.1 Å². The number of benzene rings is 2. The minimum atomic E-state index is -0.434. The third-order valence-electron chi connectivity index (χ3n) is 5.94. The number of para-hydroxylation sites is 1. The van der Waals surface area contributed by atoms with E-state index in [0.717, 1.165) is 48.7 Å². The van der Waals surface area contributed by atoms with Gasteiger partial charge in [0.15, 0.2) is 0 Å². The van der Waals surface area contributed by atoms with Crippen molar-refractivity contribution < 1.29 is 9.18 Å². The molecular formula is C26H30FN5O. The average molecular weight is 448 g/mol. The molecule has 172 valence electrons. The van der Waals surface area contributed by atoms with Crippen molar-refractivity contribution in [3.63, 3.8) is 0 Å². The van der Waals surface area contributed by atoms with E-state index in [0.29, 0.717) is 19.6 Å². The van der Waals surface area contributed by atoms with Gasteiger partial charge in [-0.15, -0.1) is 0 Å². The maximum atomic E-state index is 14.0. The molecule has 1 aromatic heterocycles. The summed E-state index contributed by atoms with van der Waals surface area (Å²) in [5, 5.41) is 2.70. The molecule has 0 aliphatic carbocycles. The zero-order valence-electron chi connectivity index (χ0n) is 19.2. The number of hydrogen-bond acceptors (Lipinski definition) is 4. The second-order valence-corrected chi connectivity index (χ2v) is 8.27. The molecule has 2 heterocycles. The molecule has 0 saturated carbocycles. The summed E-state index contributed by atoms with van der Waals surface area (Å²) in [7, 11) is 0. The van der Waals surface area contributed by atoms with E-state index in [9.17, 15) is 9.18 Å². The predicted molar refractivity (Wildman–Crippen MR) is 129 cm³/mol. The molecule has 6 nitrogen and oxygen atoms in total. The van der Waals surface area contributed by atoms with Crippen LogP contribution in [-0.4, -0.2) is 47.1 Å². The minimum absolute atomic E-state index is 0.202. The normalized spacial score (nSPS) is 14.2. The Bertz CT molecular complexity index is 1110. The van der Waals surface area contributed by atoms with Crippen LogP contribution in [0.4, 0.5) is 20.7 Å². The fourth-order valence-corrected chi connectivity index (χ4v) is 4.26. The van der Waals surface area contributed by atoms with Crippen LogP contribution in [0.1, 0.15) is 36.0 Å². The molecule has 1 N–H and O–H groups in total. The van der Waals surface area contributed by atoms with Gasteiger partial charge in [-0.3, -0.25) is 0 Å². The SMILES string of the molecule is CCc1nc(C)nc(N2CCCN(C(=O)Nc3ccccc3F)CC2)c1Cc1ccccc1. The van der Waals surface area contributed by atoms with Crippen molar-refractivity contribution in [2.75, 3.05) is 36.4 Å². The van der Waals surface area contributed by atoms with E-state index in [2.05, 4.69) is 29.3 Å². The molecule has 0 atom stereocenters. The number of anilines is 2. The maximum Gasteiger partial charge on any atom is 0.321 e. The molecule has 1 aliphatic heterocycles. The van der Waals surface area contributed by atoms with Crippen LogP contribution in [0.25, 0.3) is 0 Å². The minimum Gasteiger partial charge on any atom is -0.354 e. The molecule has 2 aromatic carbocycles. The summed E-state index contributed by atoms with van der Waals surface area (Å²) < 4.78 is 14.0. The van der Waals surface area contributed by atoms with Crippen molar-refractivity contribution in [2.24, 2.45) is 0 Å². The van der Waals surface area contributed by atoms with Crippen LogP contribution in [0.5, 0.6) is 0 Å². The smallest absolute Gasteiger partial charge is 0.321 e. The van der Waals surface area contributed by atoms with E-state index in [1.165, 1.54) is 11.6 Å². The lowest BCUT2D eigenvalue weighted by molar-refractivity contribution is 0.215. The molecule has 0 unspecified atom stereocenters. The molecule has 2 amide bonds. The van der Waals surface area contributed by atoms with Gasteiger partial charge >= 0.3 is 6.03 Å². The number of halogens is 1. The summed E-state index contributed by atoms with van der Waals surface area (Å²) in [5.74, 6) is 1.29. The highest BCUT2D eigenvalue weighted by atomic mass is 19.1. The summed E-state index contributed by atoms with van der Waals surface area (Å²) in [5.41, 5.74) is 3.65. The maximum absolute atomic E-state index is 14.0. The zero-order valence-corrected chi connectivity index (χ0v) is 19.2. The van der Waals surface area contributed by atoms with Gasteiger partial charge in [-0.1, -0.05) is 49.4 Å². The van der Waals surface area contributed by atoms with Crippen LogP contribution in [-0.2, 0) is 12.8 Å². The molecule has 7 heteroatoms. The van der Waals surface area contributed by atoms with Crippen LogP contribution >= 0.6 is 0 Å². The van der Waals surface area contributed by atoms with Crippen molar-refractivity contribution in [1.29, 1.82) is 0 Å². The highest BCUT2D eigenvalue weighted by molar-refractivity contribution is 5.89. The number of hydrogen-bond donors (Lipinski definition) is 1. The van der Waals surface area contributed by atoms with E-state index in [4.69, 9.17) is 9.97 Å². The fourth-order valence-electron chi connectivity index (χ4n) is 4.26. The molecule has 0 bridgehead atoms. The number of urea groups is 1. The highest BCUT2D eigenvalue weighted by Gasteiger charge is 2.24. The standard InChI is InChI=1S/C26H30FN5O/c1-3-23-21(18-20-10-5-4-6-11-20)25(29-19(2)28-23)31-14-9-15-32(17-16-31)26(33)30-24-13-8-7-12-22(24)27/h4-8,10-13H,3,9,14-18H2,1-2H3,(H,30,33). The Morgan fingerprint density at radius 3 is 2.52 bits per heavy atom. The van der Waals surface area contributed by atoms with Crippen LogP contribution in [0, 0.1) is 12.7 Å². The third-order valence-corrected chi connectivity index (χ3v) is 5.94. The summed E-state index contributed by atoms with van der Waals surface area (Å²) in [6.07, 6.45) is 2.41. The number of nitrogens with one attached hydrogen (secondary N) is 1. The lowest BCUT2D eigenvalue weighted by atomic mass is 10.0. The Balaban J connectivity index is 1.53. The zero-order chi connectivity index (χ0) is 23.2. The van der Waals surface area contributed by atoms with Gasteiger partial charge in [0, 0.05) is 43.9 Å². The first-order valence-electron chi connectivity index (χ1n) is 11.5. The van der Waals surface area contributed by atoms with Crippen LogP contribution in [0.3, 0.4) is 0 Å². The Kier molecular flexibility index (Phi) is 7.17. The average Bonchev–Trinajstić information content (AvgIpc) is 3.08. The Labute approximate surface area is 194 Å². The van der Waals surface area contributed by atoms with E-state index in [1.807, 2.05) is 25.1 Å². The lowest BCUT2D eigenvalue weighted by Crippen LogP contribution is -2.38. The van der Waals surface area contributed by atoms with E-state index in [-0.39, 0.29) is 11.7 Å². The first kappa shape index (κ1) is 22.7. The molecule has 4 rings (SSSR count). The van der Waals surface area contributed by atoms with Gasteiger partial charge in [-0.2, -0.15) is 0 Å². The van der Waals surface area contributed by atoms with E-state index >= 15 is 0 Å². The monoisotopic (exact) mass is 447 g/mol. The number of aromatic nitrogens is 2. The number of carbonyl (C=O) groups is 1. The number of carbonyl (C=O) groups excluding carboxylic acids is 1. The number of aryl methyl sites for hydroxylation is 2. The van der Waals surface area contributed by atoms with Crippen molar-refractivity contribution in [3.05, 3.63) is 83.1 Å². The van der Waals surface area contributed by atoms with Gasteiger partial charge < -0.3 is 15.1 Å². The van der Waals surface area contributed by atoms with Gasteiger partial charge in [0.05, 0.1) is 5.69 Å². The summed E-state index contributed by atoms with van der Waals surface area (Å²) >= 11 is 0. The molecule has 1 aliphatic rings. The second kappa shape index (κ2) is 10.4. The molecule has 1 fully saturated rings. The second-order valence-electron chi connectivity index (χ2n) is 8.27. The lowest BCUT2D eigenvalue weighted by Gasteiger charge is -2.26. The summed E-state index contributed by atoms with van der Waals surface area (Å²) in [6, 6.07) is 16.3. The van der Waals surface area contributed by atoms with Crippen LogP contribution in [0.15, 0.2) is 54.6 Å². The molecule has 3 aromatic rings. The van der Waals surface area contributed by atoms with E-state index in [1.54, 1.807) is 23.1 Å². The van der Waals surface area contributed by atoms with Crippen molar-refractivity contribution in [1.82, 2.24) is 14.9 Å². The Morgan fingerprint density at radius 2 is 1.76 bits per heavy atom. The number of rotatable bonds is 5. The Hall–Kier alpha value is -3.48.